The molecule has 0 saturated heterocycles. The van der Waals surface area contributed by atoms with Gasteiger partial charge in [0, 0.05) is 20.3 Å². The van der Waals surface area contributed by atoms with Crippen LogP contribution in [0.5, 0.6) is 0 Å². The lowest BCUT2D eigenvalue weighted by atomic mass is 9.89. The van der Waals surface area contributed by atoms with Crippen molar-refractivity contribution in [3.63, 3.8) is 0 Å². The summed E-state index contributed by atoms with van der Waals surface area (Å²) in [5.41, 5.74) is 0. The predicted molar refractivity (Wildman–Crippen MR) is 77.3 cm³/mol. The molecule has 0 aliphatic heterocycles. The number of aliphatic hydroxyl groups is 1. The molecule has 0 aromatic heterocycles. The molecule has 0 radical (unpaired) electrons. The summed E-state index contributed by atoms with van der Waals surface area (Å²) >= 11 is 0. The molecule has 0 bridgehead atoms. The average Bonchev–Trinajstić information content (AvgIpc) is 2.38. The van der Waals surface area contributed by atoms with Crippen LogP contribution in [0.25, 0.3) is 0 Å². The average molecular weight is 273 g/mol. The molecule has 0 spiro atoms. The minimum absolute atomic E-state index is 0.360. The van der Waals surface area contributed by atoms with Gasteiger partial charge in [0.2, 0.25) is 0 Å². The van der Waals surface area contributed by atoms with Gasteiger partial charge in [-0.1, -0.05) is 13.8 Å². The number of hydrogen-bond donors (Lipinski definition) is 2. The van der Waals surface area contributed by atoms with E-state index < -0.39 is 6.10 Å². The molecule has 114 valence electrons. The Balaban J connectivity index is 2.00. The van der Waals surface area contributed by atoms with Crippen LogP contribution in [-0.2, 0) is 9.47 Å². The van der Waals surface area contributed by atoms with Crippen LogP contribution >= 0.6 is 0 Å². The molecule has 19 heavy (non-hydrogen) atoms. The molecule has 2 N–H and O–H groups in total. The third-order valence-electron chi connectivity index (χ3n) is 3.81. The van der Waals surface area contributed by atoms with Crippen molar-refractivity contribution >= 4 is 0 Å². The number of aliphatic hydroxyl groups excluding tert-OH is 1. The van der Waals surface area contributed by atoms with E-state index >= 15 is 0 Å². The van der Waals surface area contributed by atoms with Crippen molar-refractivity contribution in [3.8, 4) is 0 Å². The van der Waals surface area contributed by atoms with Gasteiger partial charge in [0.05, 0.1) is 18.8 Å². The Hall–Kier alpha value is -0.160. The van der Waals surface area contributed by atoms with E-state index in [2.05, 4.69) is 19.2 Å². The maximum atomic E-state index is 9.86. The summed E-state index contributed by atoms with van der Waals surface area (Å²) in [5.74, 6) is 1.31. The highest BCUT2D eigenvalue weighted by atomic mass is 16.5. The Morgan fingerprint density at radius 3 is 2.47 bits per heavy atom. The highest BCUT2D eigenvalue weighted by Gasteiger charge is 2.19. The fraction of sp³-hybridized carbons (Fsp3) is 1.00. The van der Waals surface area contributed by atoms with E-state index in [0.717, 1.165) is 31.9 Å². The SMILES string of the molecule is COCC(C)CNCC(O)COC1CCC(C)CC1. The monoisotopic (exact) mass is 273 g/mol. The zero-order chi connectivity index (χ0) is 14.1. The second kappa shape index (κ2) is 9.70. The largest absolute Gasteiger partial charge is 0.389 e. The fourth-order valence-corrected chi connectivity index (χ4v) is 2.54. The molecule has 4 heteroatoms. The summed E-state index contributed by atoms with van der Waals surface area (Å²) in [6, 6.07) is 0. The molecule has 0 heterocycles. The highest BCUT2D eigenvalue weighted by molar-refractivity contribution is 4.71. The first kappa shape index (κ1) is 16.9. The molecule has 2 atom stereocenters. The van der Waals surface area contributed by atoms with Crippen LogP contribution in [0.4, 0.5) is 0 Å². The number of rotatable bonds is 9. The topological polar surface area (TPSA) is 50.7 Å². The number of methoxy groups -OCH3 is 1. The maximum Gasteiger partial charge on any atom is 0.0897 e. The van der Waals surface area contributed by atoms with Gasteiger partial charge in [0.15, 0.2) is 0 Å². The van der Waals surface area contributed by atoms with Gasteiger partial charge in [-0.05, 0) is 44.1 Å². The van der Waals surface area contributed by atoms with E-state index in [1.807, 2.05) is 0 Å². The number of nitrogens with one attached hydrogen (secondary N) is 1. The maximum absolute atomic E-state index is 9.86. The molecule has 1 fully saturated rings. The highest BCUT2D eigenvalue weighted by Crippen LogP contribution is 2.25. The second-order valence-corrected chi connectivity index (χ2v) is 6.09. The molecular formula is C15H31NO3. The molecular weight excluding hydrogens is 242 g/mol. The van der Waals surface area contributed by atoms with Gasteiger partial charge in [-0.2, -0.15) is 0 Å². The molecule has 1 aliphatic carbocycles. The van der Waals surface area contributed by atoms with Gasteiger partial charge >= 0.3 is 0 Å². The van der Waals surface area contributed by atoms with Gasteiger partial charge in [-0.15, -0.1) is 0 Å². The molecule has 0 amide bonds. The zero-order valence-corrected chi connectivity index (χ0v) is 12.7. The lowest BCUT2D eigenvalue weighted by molar-refractivity contribution is -0.0280. The summed E-state index contributed by atoms with van der Waals surface area (Å²) in [6.45, 7) is 7.09. The molecule has 1 aliphatic rings. The van der Waals surface area contributed by atoms with Crippen LogP contribution in [0.2, 0.25) is 0 Å². The van der Waals surface area contributed by atoms with Crippen molar-refractivity contribution in [2.75, 3.05) is 33.4 Å². The lowest BCUT2D eigenvalue weighted by Gasteiger charge is -2.27. The third-order valence-corrected chi connectivity index (χ3v) is 3.81. The van der Waals surface area contributed by atoms with Crippen molar-refractivity contribution < 1.29 is 14.6 Å². The minimum atomic E-state index is -0.408. The molecule has 2 unspecified atom stereocenters. The Morgan fingerprint density at radius 1 is 1.16 bits per heavy atom. The summed E-state index contributed by atoms with van der Waals surface area (Å²) in [4.78, 5) is 0. The number of hydrogen-bond acceptors (Lipinski definition) is 4. The van der Waals surface area contributed by atoms with Gasteiger partial charge in [-0.3, -0.25) is 0 Å². The van der Waals surface area contributed by atoms with Crippen LogP contribution in [0.15, 0.2) is 0 Å². The quantitative estimate of drug-likeness (QED) is 0.673. The van der Waals surface area contributed by atoms with Gasteiger partial charge in [-0.25, -0.2) is 0 Å². The normalized spacial score (nSPS) is 27.2. The van der Waals surface area contributed by atoms with E-state index in [9.17, 15) is 5.11 Å². The molecule has 1 saturated carbocycles. The lowest BCUT2D eigenvalue weighted by Crippen LogP contribution is -2.35. The Bertz CT molecular complexity index is 217. The van der Waals surface area contributed by atoms with Crippen LogP contribution < -0.4 is 5.32 Å². The first-order valence-electron chi connectivity index (χ1n) is 7.61. The van der Waals surface area contributed by atoms with Crippen molar-refractivity contribution in [2.24, 2.45) is 11.8 Å². The molecule has 4 nitrogen and oxygen atoms in total. The van der Waals surface area contributed by atoms with Crippen molar-refractivity contribution in [1.82, 2.24) is 5.32 Å². The Labute approximate surface area is 117 Å². The summed E-state index contributed by atoms with van der Waals surface area (Å²) in [5, 5.41) is 13.1. The Kier molecular flexibility index (Phi) is 8.62. The van der Waals surface area contributed by atoms with Crippen LogP contribution in [0.3, 0.4) is 0 Å². The van der Waals surface area contributed by atoms with E-state index in [4.69, 9.17) is 9.47 Å². The standard InChI is InChI=1S/C15H31NO3/c1-12-4-6-15(7-5-12)19-11-14(17)9-16-8-13(2)10-18-3/h12-17H,4-11H2,1-3H3. The van der Waals surface area contributed by atoms with Gasteiger partial charge < -0.3 is 19.9 Å². The van der Waals surface area contributed by atoms with Crippen molar-refractivity contribution in [2.45, 2.75) is 51.7 Å². The smallest absolute Gasteiger partial charge is 0.0897 e. The van der Waals surface area contributed by atoms with Gasteiger partial charge in [0.1, 0.15) is 0 Å². The summed E-state index contributed by atoms with van der Waals surface area (Å²) in [7, 11) is 1.71. The molecule has 0 aromatic rings. The van der Waals surface area contributed by atoms with Crippen molar-refractivity contribution in [3.05, 3.63) is 0 Å². The zero-order valence-electron chi connectivity index (χ0n) is 12.7. The summed E-state index contributed by atoms with van der Waals surface area (Å²) < 4.78 is 10.9. The van der Waals surface area contributed by atoms with E-state index in [1.54, 1.807) is 7.11 Å². The third kappa shape index (κ3) is 7.88. The van der Waals surface area contributed by atoms with E-state index in [-0.39, 0.29) is 0 Å². The van der Waals surface area contributed by atoms with Crippen LogP contribution in [-0.4, -0.2) is 50.7 Å². The fourth-order valence-electron chi connectivity index (χ4n) is 2.54. The van der Waals surface area contributed by atoms with Crippen molar-refractivity contribution in [1.29, 1.82) is 0 Å². The van der Waals surface area contributed by atoms with Gasteiger partial charge in [0.25, 0.3) is 0 Å². The van der Waals surface area contributed by atoms with E-state index in [1.165, 1.54) is 12.8 Å². The molecule has 0 aromatic carbocycles. The summed E-state index contributed by atoms with van der Waals surface area (Å²) in [6.07, 6.45) is 4.76. The predicted octanol–water partition coefficient (Wildman–Crippen LogP) is 1.81. The second-order valence-electron chi connectivity index (χ2n) is 6.09. The van der Waals surface area contributed by atoms with E-state index in [0.29, 0.717) is 25.2 Å². The first-order valence-corrected chi connectivity index (χ1v) is 7.61. The Morgan fingerprint density at radius 2 is 1.84 bits per heavy atom. The van der Waals surface area contributed by atoms with Crippen LogP contribution in [0, 0.1) is 11.8 Å². The number of ether oxygens (including phenoxy) is 2. The minimum Gasteiger partial charge on any atom is -0.389 e. The first-order chi connectivity index (χ1) is 9.11. The molecule has 1 rings (SSSR count). The van der Waals surface area contributed by atoms with Crippen LogP contribution in [0.1, 0.15) is 39.5 Å².